The molecule has 118 valence electrons. The third-order valence-electron chi connectivity index (χ3n) is 3.70. The minimum Gasteiger partial charge on any atom is -0.339 e. The van der Waals surface area contributed by atoms with Gasteiger partial charge in [0.05, 0.1) is 6.10 Å². The van der Waals surface area contributed by atoms with Crippen LogP contribution in [0.2, 0.25) is 0 Å². The highest BCUT2D eigenvalue weighted by molar-refractivity contribution is 7.62. The molecular formula is C19H26NOP. The van der Waals surface area contributed by atoms with E-state index in [1.165, 1.54) is 22.0 Å². The monoisotopic (exact) mass is 315 g/mol. The first-order chi connectivity index (χ1) is 10.5. The van der Waals surface area contributed by atoms with Gasteiger partial charge >= 0.3 is 0 Å². The first-order valence-corrected chi connectivity index (χ1v) is 9.13. The molecule has 0 spiro atoms. The molecule has 2 unspecified atom stereocenters. The van der Waals surface area contributed by atoms with Crippen LogP contribution in [0.15, 0.2) is 42.5 Å². The standard InChI is InChI=1S/C19H26NOP/c1-6-17(5)21-22(20-18-10-8-7-9-11-18)19-15(3)12-14(2)13-16(19)4/h7-13,17,20H,6H2,1-5H3. The van der Waals surface area contributed by atoms with Gasteiger partial charge in [-0.2, -0.15) is 0 Å². The smallest absolute Gasteiger partial charge is 0.164 e. The number of hydrogen-bond acceptors (Lipinski definition) is 2. The van der Waals surface area contributed by atoms with Crippen LogP contribution in [0.1, 0.15) is 37.0 Å². The maximum Gasteiger partial charge on any atom is 0.164 e. The average molecular weight is 315 g/mol. The molecule has 0 bridgehead atoms. The Bertz CT molecular complexity index is 589. The molecule has 0 saturated carbocycles. The fourth-order valence-electron chi connectivity index (χ4n) is 2.51. The molecule has 2 nitrogen and oxygen atoms in total. The molecule has 0 radical (unpaired) electrons. The summed E-state index contributed by atoms with van der Waals surface area (Å²) in [4.78, 5) is 0. The first-order valence-electron chi connectivity index (χ1n) is 7.87. The average Bonchev–Trinajstić information content (AvgIpc) is 2.47. The molecule has 0 heterocycles. The molecule has 2 aromatic rings. The third kappa shape index (κ3) is 4.32. The summed E-state index contributed by atoms with van der Waals surface area (Å²) in [5.41, 5.74) is 5.01. The van der Waals surface area contributed by atoms with E-state index in [1.807, 2.05) is 18.2 Å². The Labute approximate surface area is 135 Å². The number of aryl methyl sites for hydroxylation is 3. The van der Waals surface area contributed by atoms with Crippen LogP contribution in [0.4, 0.5) is 5.69 Å². The zero-order chi connectivity index (χ0) is 16.1. The van der Waals surface area contributed by atoms with Gasteiger partial charge in [-0.25, -0.2) is 0 Å². The molecule has 0 aromatic heterocycles. The highest BCUT2D eigenvalue weighted by atomic mass is 31.2. The van der Waals surface area contributed by atoms with Crippen LogP contribution in [-0.4, -0.2) is 6.10 Å². The van der Waals surface area contributed by atoms with Crippen molar-refractivity contribution in [3.8, 4) is 0 Å². The van der Waals surface area contributed by atoms with Crippen LogP contribution < -0.4 is 10.4 Å². The van der Waals surface area contributed by atoms with E-state index in [4.69, 9.17) is 4.52 Å². The number of para-hydroxylation sites is 1. The molecule has 0 amide bonds. The Morgan fingerprint density at radius 1 is 1.05 bits per heavy atom. The lowest BCUT2D eigenvalue weighted by Gasteiger charge is -2.26. The predicted octanol–water partition coefficient (Wildman–Crippen LogP) is 5.48. The minimum atomic E-state index is -0.881. The van der Waals surface area contributed by atoms with Crippen molar-refractivity contribution in [3.05, 3.63) is 59.2 Å². The van der Waals surface area contributed by atoms with Gasteiger partial charge in [-0.05, 0) is 57.4 Å². The number of hydrogen-bond donors (Lipinski definition) is 1. The van der Waals surface area contributed by atoms with E-state index in [-0.39, 0.29) is 6.10 Å². The highest BCUT2D eigenvalue weighted by Gasteiger charge is 2.20. The van der Waals surface area contributed by atoms with Crippen molar-refractivity contribution in [2.45, 2.75) is 47.1 Å². The first kappa shape index (κ1) is 17.0. The fourth-order valence-corrected chi connectivity index (χ4v) is 4.44. The molecule has 22 heavy (non-hydrogen) atoms. The molecule has 0 aliphatic rings. The minimum absolute atomic E-state index is 0.238. The Hall–Kier alpha value is -1.37. The van der Waals surface area contributed by atoms with Crippen molar-refractivity contribution in [3.63, 3.8) is 0 Å². The molecule has 0 aliphatic carbocycles. The molecule has 2 rings (SSSR count). The highest BCUT2D eigenvalue weighted by Crippen LogP contribution is 2.40. The van der Waals surface area contributed by atoms with Crippen LogP contribution in [0.25, 0.3) is 0 Å². The van der Waals surface area contributed by atoms with E-state index < -0.39 is 8.30 Å². The SMILES string of the molecule is CCC(C)OP(Nc1ccccc1)c1c(C)cc(C)cc1C. The van der Waals surface area contributed by atoms with E-state index in [1.54, 1.807) is 0 Å². The fraction of sp³-hybridized carbons (Fsp3) is 0.368. The Kier molecular flexibility index (Phi) is 5.99. The molecule has 2 aromatic carbocycles. The summed E-state index contributed by atoms with van der Waals surface area (Å²) >= 11 is 0. The van der Waals surface area contributed by atoms with E-state index in [2.05, 4.69) is 64.0 Å². The van der Waals surface area contributed by atoms with Gasteiger partial charge in [0, 0.05) is 11.0 Å². The lowest BCUT2D eigenvalue weighted by atomic mass is 10.1. The van der Waals surface area contributed by atoms with E-state index in [9.17, 15) is 0 Å². The number of benzene rings is 2. The van der Waals surface area contributed by atoms with Gasteiger partial charge in [0.2, 0.25) is 0 Å². The summed E-state index contributed by atoms with van der Waals surface area (Å²) in [7, 11) is -0.881. The van der Waals surface area contributed by atoms with Gasteiger partial charge in [-0.15, -0.1) is 0 Å². The van der Waals surface area contributed by atoms with Gasteiger partial charge in [-0.1, -0.05) is 42.8 Å². The molecule has 0 saturated heterocycles. The van der Waals surface area contributed by atoms with E-state index in [0.717, 1.165) is 12.1 Å². The molecule has 0 aliphatic heterocycles. The van der Waals surface area contributed by atoms with Crippen molar-refractivity contribution in [1.29, 1.82) is 0 Å². The number of rotatable bonds is 6. The summed E-state index contributed by atoms with van der Waals surface area (Å²) in [6.07, 6.45) is 1.25. The van der Waals surface area contributed by atoms with Crippen LogP contribution in [0, 0.1) is 20.8 Å². The predicted molar refractivity (Wildman–Crippen MR) is 98.1 cm³/mol. The van der Waals surface area contributed by atoms with Crippen LogP contribution in [0.3, 0.4) is 0 Å². The van der Waals surface area contributed by atoms with Gasteiger partial charge in [0.25, 0.3) is 0 Å². The zero-order valence-electron chi connectivity index (χ0n) is 14.2. The summed E-state index contributed by atoms with van der Waals surface area (Å²) in [6, 6.07) is 14.8. The molecule has 0 fully saturated rings. The Morgan fingerprint density at radius 2 is 1.64 bits per heavy atom. The van der Waals surface area contributed by atoms with Crippen LogP contribution in [-0.2, 0) is 4.52 Å². The third-order valence-corrected chi connectivity index (χ3v) is 5.85. The van der Waals surface area contributed by atoms with Crippen molar-refractivity contribution in [1.82, 2.24) is 0 Å². The topological polar surface area (TPSA) is 21.3 Å². The number of anilines is 1. The largest absolute Gasteiger partial charge is 0.339 e. The zero-order valence-corrected chi connectivity index (χ0v) is 15.1. The van der Waals surface area contributed by atoms with Crippen molar-refractivity contribution >= 4 is 19.3 Å². The molecule has 3 heteroatoms. The summed E-state index contributed by atoms with van der Waals surface area (Å²) in [5.74, 6) is 0. The molecular weight excluding hydrogens is 289 g/mol. The summed E-state index contributed by atoms with van der Waals surface area (Å²) in [5, 5.41) is 4.91. The maximum atomic E-state index is 6.34. The van der Waals surface area contributed by atoms with Crippen molar-refractivity contribution < 1.29 is 4.52 Å². The summed E-state index contributed by atoms with van der Waals surface area (Å²) < 4.78 is 6.34. The van der Waals surface area contributed by atoms with Crippen LogP contribution in [0.5, 0.6) is 0 Å². The second-order valence-electron chi connectivity index (χ2n) is 5.84. The van der Waals surface area contributed by atoms with Gasteiger partial charge in [0.15, 0.2) is 8.30 Å². The molecule has 2 atom stereocenters. The maximum absolute atomic E-state index is 6.34. The number of nitrogens with one attached hydrogen (secondary N) is 1. The lowest BCUT2D eigenvalue weighted by molar-refractivity contribution is 0.247. The second-order valence-corrected chi connectivity index (χ2v) is 7.31. The lowest BCUT2D eigenvalue weighted by Crippen LogP contribution is -2.19. The quantitative estimate of drug-likeness (QED) is 0.713. The van der Waals surface area contributed by atoms with Gasteiger partial charge in [-0.3, -0.25) is 0 Å². The van der Waals surface area contributed by atoms with E-state index >= 15 is 0 Å². The van der Waals surface area contributed by atoms with Crippen molar-refractivity contribution in [2.24, 2.45) is 0 Å². The Balaban J connectivity index is 2.36. The normalized spacial score (nSPS) is 13.7. The molecule has 1 N–H and O–H groups in total. The summed E-state index contributed by atoms with van der Waals surface area (Å²) in [6.45, 7) is 10.8. The van der Waals surface area contributed by atoms with Gasteiger partial charge < -0.3 is 9.61 Å². The van der Waals surface area contributed by atoms with Gasteiger partial charge in [0.1, 0.15) is 0 Å². The van der Waals surface area contributed by atoms with E-state index in [0.29, 0.717) is 0 Å². The van der Waals surface area contributed by atoms with Crippen molar-refractivity contribution in [2.75, 3.05) is 5.09 Å². The van der Waals surface area contributed by atoms with Crippen LogP contribution >= 0.6 is 8.30 Å². The second kappa shape index (κ2) is 7.76. The Morgan fingerprint density at radius 3 is 2.18 bits per heavy atom.